The van der Waals surface area contributed by atoms with E-state index in [1.165, 1.54) is 11.1 Å². The first-order valence-corrected chi connectivity index (χ1v) is 6.24. The van der Waals surface area contributed by atoms with Crippen molar-refractivity contribution in [3.8, 4) is 0 Å². The Bertz CT molecular complexity index is 406. The fraction of sp³-hybridized carbons (Fsp3) is 0.286. The molecule has 0 saturated heterocycles. The van der Waals surface area contributed by atoms with Crippen LogP contribution in [0.4, 0.5) is 0 Å². The Hall–Kier alpha value is -0.880. The molecule has 0 amide bonds. The predicted octanol–water partition coefficient (Wildman–Crippen LogP) is 0.940. The molecule has 0 aliphatic carbocycles. The van der Waals surface area contributed by atoms with Gasteiger partial charge in [0.1, 0.15) is 0 Å². The van der Waals surface area contributed by atoms with E-state index in [1.807, 2.05) is 23.9 Å². The Balaban J connectivity index is 2.60. The van der Waals surface area contributed by atoms with Crippen molar-refractivity contribution in [2.45, 2.75) is 6.92 Å². The van der Waals surface area contributed by atoms with Gasteiger partial charge in [0, 0.05) is 9.75 Å². The number of sulfonamides is 1. The van der Waals surface area contributed by atoms with Crippen LogP contribution in [-0.2, 0) is 10.0 Å². The molecule has 0 bridgehead atoms. The van der Waals surface area contributed by atoms with Crippen LogP contribution in [0.5, 0.6) is 0 Å². The maximum Gasteiger partial charge on any atom is 0.244 e. The molecule has 0 saturated carbocycles. The minimum absolute atomic E-state index is 0.925. The molecule has 0 fully saturated rings. The molecule has 0 atom stereocenters. The van der Waals surface area contributed by atoms with Crippen molar-refractivity contribution < 1.29 is 8.42 Å². The quantitative estimate of drug-likeness (QED) is 0.606. The molecule has 1 rings (SSSR count). The van der Waals surface area contributed by atoms with Gasteiger partial charge in [0.25, 0.3) is 0 Å². The molecule has 4 nitrogen and oxygen atoms in total. The van der Waals surface area contributed by atoms with Gasteiger partial charge in [0.05, 0.1) is 12.5 Å². The van der Waals surface area contributed by atoms with Crippen molar-refractivity contribution in [1.29, 1.82) is 0 Å². The average molecular weight is 218 g/mol. The van der Waals surface area contributed by atoms with Gasteiger partial charge >= 0.3 is 0 Å². The normalized spacial score (nSPS) is 12.2. The Labute approximate surface area is 81.3 Å². The van der Waals surface area contributed by atoms with E-state index >= 15 is 0 Å². The van der Waals surface area contributed by atoms with Gasteiger partial charge in [-0.05, 0) is 19.1 Å². The zero-order chi connectivity index (χ0) is 9.90. The second-order valence-electron chi connectivity index (χ2n) is 2.57. The first-order valence-electron chi connectivity index (χ1n) is 3.54. The van der Waals surface area contributed by atoms with Crippen LogP contribution in [0.25, 0.3) is 0 Å². The lowest BCUT2D eigenvalue weighted by Gasteiger charge is -1.92. The van der Waals surface area contributed by atoms with E-state index in [9.17, 15) is 8.42 Å². The van der Waals surface area contributed by atoms with Crippen molar-refractivity contribution in [3.05, 3.63) is 21.9 Å². The molecule has 13 heavy (non-hydrogen) atoms. The lowest BCUT2D eigenvalue weighted by molar-refractivity contribution is 0.591. The van der Waals surface area contributed by atoms with E-state index in [2.05, 4.69) is 5.10 Å². The monoisotopic (exact) mass is 218 g/mol. The van der Waals surface area contributed by atoms with Crippen LogP contribution in [0.3, 0.4) is 0 Å². The maximum atomic E-state index is 10.6. The van der Waals surface area contributed by atoms with Gasteiger partial charge in [-0.3, -0.25) is 0 Å². The number of rotatable bonds is 3. The highest BCUT2D eigenvalue weighted by Gasteiger charge is 1.95. The summed E-state index contributed by atoms with van der Waals surface area (Å²) in [5.41, 5.74) is 0. The molecule has 1 aromatic rings. The van der Waals surface area contributed by atoms with Gasteiger partial charge in [-0.15, -0.1) is 11.3 Å². The predicted molar refractivity (Wildman–Crippen MR) is 54.6 cm³/mol. The van der Waals surface area contributed by atoms with Gasteiger partial charge in [0.2, 0.25) is 10.0 Å². The lowest BCUT2D eigenvalue weighted by atomic mass is 10.4. The van der Waals surface area contributed by atoms with Crippen LogP contribution in [0.1, 0.15) is 9.75 Å². The van der Waals surface area contributed by atoms with Crippen LogP contribution in [0.15, 0.2) is 17.2 Å². The summed E-state index contributed by atoms with van der Waals surface area (Å²) in [6.07, 6.45) is 2.54. The highest BCUT2D eigenvalue weighted by atomic mass is 32.2. The van der Waals surface area contributed by atoms with Gasteiger partial charge in [0.15, 0.2) is 0 Å². The molecule has 72 valence electrons. The SMILES string of the molecule is Cc1ccc(/C=N/NS(C)(=O)=O)s1. The van der Waals surface area contributed by atoms with E-state index < -0.39 is 10.0 Å². The highest BCUT2D eigenvalue weighted by Crippen LogP contribution is 2.12. The molecule has 0 unspecified atom stereocenters. The lowest BCUT2D eigenvalue weighted by Crippen LogP contribution is -2.15. The fourth-order valence-corrected chi connectivity index (χ4v) is 1.70. The first-order chi connectivity index (χ1) is 5.97. The van der Waals surface area contributed by atoms with Crippen molar-refractivity contribution in [2.24, 2.45) is 5.10 Å². The minimum atomic E-state index is -3.23. The molecule has 0 aromatic carbocycles. The van der Waals surface area contributed by atoms with E-state index in [-0.39, 0.29) is 0 Å². The van der Waals surface area contributed by atoms with Gasteiger partial charge in [-0.1, -0.05) is 0 Å². The van der Waals surface area contributed by atoms with E-state index in [4.69, 9.17) is 0 Å². The van der Waals surface area contributed by atoms with E-state index in [0.717, 1.165) is 11.1 Å². The second kappa shape index (κ2) is 3.89. The van der Waals surface area contributed by atoms with Crippen LogP contribution >= 0.6 is 11.3 Å². The van der Waals surface area contributed by atoms with Gasteiger partial charge in [-0.2, -0.15) is 5.10 Å². The third kappa shape index (κ3) is 4.05. The molecule has 0 spiro atoms. The number of hydrogen-bond donors (Lipinski definition) is 1. The van der Waals surface area contributed by atoms with Gasteiger partial charge < -0.3 is 0 Å². The minimum Gasteiger partial charge on any atom is -0.206 e. The summed E-state index contributed by atoms with van der Waals surface area (Å²) in [7, 11) is -3.23. The summed E-state index contributed by atoms with van der Waals surface area (Å²) in [4.78, 5) is 4.12. The zero-order valence-electron chi connectivity index (χ0n) is 7.31. The van der Waals surface area contributed by atoms with Crippen molar-refractivity contribution in [2.75, 3.05) is 6.26 Å². The largest absolute Gasteiger partial charge is 0.244 e. The summed E-state index contributed by atoms with van der Waals surface area (Å²) in [6, 6.07) is 3.83. The first kappa shape index (κ1) is 10.2. The molecule has 1 aromatic heterocycles. The molecule has 0 aliphatic rings. The molecule has 0 aliphatic heterocycles. The summed E-state index contributed by atoms with van der Waals surface area (Å²) in [5.74, 6) is 0. The summed E-state index contributed by atoms with van der Waals surface area (Å²) >= 11 is 1.55. The molecule has 0 radical (unpaired) electrons. The smallest absolute Gasteiger partial charge is 0.206 e. The van der Waals surface area contributed by atoms with E-state index in [0.29, 0.717) is 0 Å². The third-order valence-electron chi connectivity index (χ3n) is 1.17. The highest BCUT2D eigenvalue weighted by molar-refractivity contribution is 7.88. The number of aryl methyl sites for hydroxylation is 1. The molecule has 1 N–H and O–H groups in total. The summed E-state index contributed by atoms with van der Waals surface area (Å²) < 4.78 is 21.2. The topological polar surface area (TPSA) is 58.5 Å². The number of hydrazone groups is 1. The molecule has 6 heteroatoms. The van der Waals surface area contributed by atoms with Gasteiger partial charge in [-0.25, -0.2) is 13.2 Å². The number of nitrogens with one attached hydrogen (secondary N) is 1. The van der Waals surface area contributed by atoms with Crippen molar-refractivity contribution in [3.63, 3.8) is 0 Å². The third-order valence-corrected chi connectivity index (χ3v) is 2.54. The Morgan fingerprint density at radius 3 is 2.69 bits per heavy atom. The van der Waals surface area contributed by atoms with Crippen LogP contribution < -0.4 is 4.83 Å². The van der Waals surface area contributed by atoms with Crippen LogP contribution in [0, 0.1) is 6.92 Å². The summed E-state index contributed by atoms with van der Waals surface area (Å²) in [6.45, 7) is 1.98. The molecular weight excluding hydrogens is 208 g/mol. The molecule has 1 heterocycles. The van der Waals surface area contributed by atoms with Crippen LogP contribution in [0.2, 0.25) is 0 Å². The maximum absolute atomic E-state index is 10.6. The second-order valence-corrected chi connectivity index (χ2v) is 5.62. The number of hydrogen-bond acceptors (Lipinski definition) is 4. The Morgan fingerprint density at radius 2 is 2.23 bits per heavy atom. The molecular formula is C7H10N2O2S2. The zero-order valence-corrected chi connectivity index (χ0v) is 8.95. The summed E-state index contributed by atoms with van der Waals surface area (Å²) in [5, 5.41) is 3.57. The van der Waals surface area contributed by atoms with Crippen molar-refractivity contribution in [1.82, 2.24) is 4.83 Å². The van der Waals surface area contributed by atoms with Crippen LogP contribution in [-0.4, -0.2) is 20.9 Å². The standard InChI is InChI=1S/C7H10N2O2S2/c1-6-3-4-7(12-6)5-8-9-13(2,10)11/h3-5,9H,1-2H3/b8-5+. The number of nitrogens with zero attached hydrogens (tertiary/aromatic N) is 1. The van der Waals surface area contributed by atoms with Crippen molar-refractivity contribution >= 4 is 27.6 Å². The number of thiophene rings is 1. The Kier molecular flexibility index (Phi) is 3.05. The fourth-order valence-electron chi connectivity index (χ4n) is 0.709. The average Bonchev–Trinajstić information content (AvgIpc) is 2.33. The van der Waals surface area contributed by atoms with E-state index in [1.54, 1.807) is 11.3 Å². The Morgan fingerprint density at radius 1 is 1.54 bits per heavy atom.